The minimum absolute atomic E-state index is 0.307. The number of urea groups is 1. The highest BCUT2D eigenvalue weighted by Gasteiger charge is 2.11. The second-order valence-electron chi connectivity index (χ2n) is 5.95. The number of amides is 2. The van der Waals surface area contributed by atoms with E-state index in [0.29, 0.717) is 17.2 Å². The molecule has 0 radical (unpaired) electrons. The number of hydrogen-bond acceptors (Lipinski definition) is 4. The lowest BCUT2D eigenvalue weighted by molar-refractivity contribution is 0.262. The van der Waals surface area contributed by atoms with Gasteiger partial charge in [0.1, 0.15) is 0 Å². The molecule has 0 saturated carbocycles. The molecule has 3 N–H and O–H groups in total. The van der Waals surface area contributed by atoms with Gasteiger partial charge in [-0.1, -0.05) is 58.4 Å². The van der Waals surface area contributed by atoms with Crippen LogP contribution in [-0.4, -0.2) is 26.7 Å². The number of aromatic nitrogens is 4. The van der Waals surface area contributed by atoms with Gasteiger partial charge in [-0.2, -0.15) is 5.21 Å². The Bertz CT molecular complexity index is 1100. The Hall–Kier alpha value is -3.52. The van der Waals surface area contributed by atoms with Gasteiger partial charge >= 0.3 is 6.03 Å². The molecule has 4 aromatic rings. The lowest BCUT2D eigenvalue weighted by Gasteiger charge is -2.10. The molecule has 7 nitrogen and oxygen atoms in total. The molecular weight excluding hydrogens is 420 g/mol. The topological polar surface area (TPSA) is 95.6 Å². The van der Waals surface area contributed by atoms with E-state index in [0.717, 1.165) is 21.2 Å². The van der Waals surface area contributed by atoms with Crippen LogP contribution in [0, 0.1) is 0 Å². The Kier molecular flexibility index (Phi) is 5.11. The first-order chi connectivity index (χ1) is 13.7. The van der Waals surface area contributed by atoms with E-state index >= 15 is 0 Å². The highest BCUT2D eigenvalue weighted by molar-refractivity contribution is 9.10. The van der Waals surface area contributed by atoms with E-state index in [2.05, 4.69) is 47.2 Å². The van der Waals surface area contributed by atoms with Gasteiger partial charge in [-0.05, 0) is 46.7 Å². The molecular formula is C20H15BrN6O. The van der Waals surface area contributed by atoms with E-state index < -0.39 is 0 Å². The summed E-state index contributed by atoms with van der Waals surface area (Å²) in [5.41, 5.74) is 4.24. The number of tetrazole rings is 1. The number of halogens is 1. The number of carbonyl (C=O) groups excluding carboxylic acids is 1. The summed E-state index contributed by atoms with van der Waals surface area (Å²) < 4.78 is 0.898. The maximum absolute atomic E-state index is 12.2. The monoisotopic (exact) mass is 434 g/mol. The van der Waals surface area contributed by atoms with Gasteiger partial charge in [0, 0.05) is 21.4 Å². The van der Waals surface area contributed by atoms with E-state index in [9.17, 15) is 4.79 Å². The molecule has 3 aromatic carbocycles. The fourth-order valence-electron chi connectivity index (χ4n) is 2.80. The fraction of sp³-hybridized carbons (Fsp3) is 0. The SMILES string of the molecule is O=C(Nc1ccc(-c2ccccc2-c2nn[nH]n2)cc1)Nc1cccc(Br)c1. The van der Waals surface area contributed by atoms with Crippen molar-refractivity contribution in [2.75, 3.05) is 10.6 Å². The molecule has 0 aliphatic rings. The van der Waals surface area contributed by atoms with Gasteiger partial charge in [0.25, 0.3) is 0 Å². The third-order valence-corrected chi connectivity index (χ3v) is 4.54. The second kappa shape index (κ2) is 8.01. The quantitative estimate of drug-likeness (QED) is 0.423. The van der Waals surface area contributed by atoms with Crippen LogP contribution in [0.25, 0.3) is 22.5 Å². The van der Waals surface area contributed by atoms with Gasteiger partial charge in [0.2, 0.25) is 5.82 Å². The number of rotatable bonds is 4. The number of nitrogens with one attached hydrogen (secondary N) is 3. The molecule has 4 rings (SSSR count). The lowest BCUT2D eigenvalue weighted by Crippen LogP contribution is -2.19. The number of benzene rings is 3. The number of H-pyrrole nitrogens is 1. The number of anilines is 2. The molecule has 0 unspecified atom stereocenters. The number of hydrogen-bond donors (Lipinski definition) is 3. The van der Waals surface area contributed by atoms with Gasteiger partial charge in [-0.25, -0.2) is 4.79 Å². The Morgan fingerprint density at radius 2 is 1.61 bits per heavy atom. The minimum Gasteiger partial charge on any atom is -0.308 e. The lowest BCUT2D eigenvalue weighted by atomic mass is 9.99. The fourth-order valence-corrected chi connectivity index (χ4v) is 3.20. The predicted molar refractivity (Wildman–Crippen MR) is 112 cm³/mol. The van der Waals surface area contributed by atoms with Gasteiger partial charge < -0.3 is 10.6 Å². The summed E-state index contributed by atoms with van der Waals surface area (Å²) in [5.74, 6) is 0.534. The first-order valence-electron chi connectivity index (χ1n) is 8.46. The van der Waals surface area contributed by atoms with Crippen LogP contribution in [0.1, 0.15) is 0 Å². The summed E-state index contributed by atoms with van der Waals surface area (Å²) in [5, 5.41) is 19.8. The van der Waals surface area contributed by atoms with Crippen molar-refractivity contribution >= 4 is 33.3 Å². The average Bonchev–Trinajstić information content (AvgIpc) is 3.23. The summed E-state index contributed by atoms with van der Waals surface area (Å²) in [6.07, 6.45) is 0. The molecule has 0 aliphatic carbocycles. The number of nitrogens with zero attached hydrogens (tertiary/aromatic N) is 3. The van der Waals surface area contributed by atoms with Crippen molar-refractivity contribution in [1.82, 2.24) is 20.6 Å². The maximum atomic E-state index is 12.2. The molecule has 8 heteroatoms. The van der Waals surface area contributed by atoms with Gasteiger partial charge in [-0.3, -0.25) is 0 Å². The zero-order chi connectivity index (χ0) is 19.3. The van der Waals surface area contributed by atoms with Crippen molar-refractivity contribution in [3.63, 3.8) is 0 Å². The van der Waals surface area contributed by atoms with Crippen molar-refractivity contribution in [2.45, 2.75) is 0 Å². The first kappa shape index (κ1) is 17.9. The van der Waals surface area contributed by atoms with E-state index in [-0.39, 0.29) is 6.03 Å². The van der Waals surface area contributed by atoms with Crippen molar-refractivity contribution in [1.29, 1.82) is 0 Å². The standard InChI is InChI=1S/C20H15BrN6O/c21-14-4-3-5-16(12-14)23-20(28)22-15-10-8-13(9-11-15)17-6-1-2-7-18(17)19-24-26-27-25-19/h1-12H,(H2,22,23,28)(H,24,25,26,27). The van der Waals surface area contributed by atoms with E-state index in [1.807, 2.05) is 72.8 Å². The largest absolute Gasteiger partial charge is 0.323 e. The molecule has 0 atom stereocenters. The van der Waals surface area contributed by atoms with Crippen molar-refractivity contribution in [3.05, 3.63) is 77.3 Å². The first-order valence-corrected chi connectivity index (χ1v) is 9.25. The third kappa shape index (κ3) is 4.07. The van der Waals surface area contributed by atoms with Crippen molar-refractivity contribution in [2.24, 2.45) is 0 Å². The highest BCUT2D eigenvalue weighted by Crippen LogP contribution is 2.30. The summed E-state index contributed by atoms with van der Waals surface area (Å²) in [7, 11) is 0. The molecule has 1 heterocycles. The van der Waals surface area contributed by atoms with Gasteiger partial charge in [0.05, 0.1) is 0 Å². The smallest absolute Gasteiger partial charge is 0.308 e. The summed E-state index contributed by atoms with van der Waals surface area (Å²) in [6, 6.07) is 22.5. The van der Waals surface area contributed by atoms with Gasteiger partial charge in [-0.15, -0.1) is 10.2 Å². The highest BCUT2D eigenvalue weighted by atomic mass is 79.9. The van der Waals surface area contributed by atoms with Gasteiger partial charge in [0.15, 0.2) is 0 Å². The molecule has 0 spiro atoms. The van der Waals surface area contributed by atoms with Crippen molar-refractivity contribution in [3.8, 4) is 22.5 Å². The molecule has 28 heavy (non-hydrogen) atoms. The molecule has 0 aliphatic heterocycles. The Labute approximate surface area is 169 Å². The average molecular weight is 435 g/mol. The molecule has 1 aromatic heterocycles. The number of aromatic amines is 1. The van der Waals surface area contributed by atoms with Crippen LogP contribution in [-0.2, 0) is 0 Å². The van der Waals surface area contributed by atoms with Crippen LogP contribution >= 0.6 is 15.9 Å². The van der Waals surface area contributed by atoms with Crippen LogP contribution in [0.15, 0.2) is 77.3 Å². The normalized spacial score (nSPS) is 10.5. The Balaban J connectivity index is 1.50. The Morgan fingerprint density at radius 1 is 0.857 bits per heavy atom. The molecule has 0 fully saturated rings. The van der Waals surface area contributed by atoms with Crippen molar-refractivity contribution < 1.29 is 4.79 Å². The third-order valence-electron chi connectivity index (χ3n) is 4.05. The van der Waals surface area contributed by atoms with E-state index in [4.69, 9.17) is 0 Å². The van der Waals surface area contributed by atoms with Crippen LogP contribution < -0.4 is 10.6 Å². The summed E-state index contributed by atoms with van der Waals surface area (Å²) >= 11 is 3.38. The van der Waals surface area contributed by atoms with E-state index in [1.54, 1.807) is 0 Å². The van der Waals surface area contributed by atoms with Crippen LogP contribution in [0.4, 0.5) is 16.2 Å². The van der Waals surface area contributed by atoms with Crippen LogP contribution in [0.3, 0.4) is 0 Å². The molecule has 138 valence electrons. The zero-order valence-electron chi connectivity index (χ0n) is 14.6. The van der Waals surface area contributed by atoms with Crippen LogP contribution in [0.2, 0.25) is 0 Å². The Morgan fingerprint density at radius 3 is 2.32 bits per heavy atom. The summed E-state index contributed by atoms with van der Waals surface area (Å²) in [6.45, 7) is 0. The van der Waals surface area contributed by atoms with E-state index in [1.165, 1.54) is 0 Å². The zero-order valence-corrected chi connectivity index (χ0v) is 16.1. The maximum Gasteiger partial charge on any atom is 0.323 e. The minimum atomic E-state index is -0.307. The second-order valence-corrected chi connectivity index (χ2v) is 6.86. The van der Waals surface area contributed by atoms with Crippen LogP contribution in [0.5, 0.6) is 0 Å². The number of carbonyl (C=O) groups is 1. The molecule has 0 saturated heterocycles. The predicted octanol–water partition coefficient (Wildman–Crippen LogP) is 4.94. The molecule has 2 amide bonds. The molecule has 0 bridgehead atoms. The summed E-state index contributed by atoms with van der Waals surface area (Å²) in [4.78, 5) is 12.2.